The molecule has 0 bridgehead atoms. The first-order chi connectivity index (χ1) is 19.8. The van der Waals surface area contributed by atoms with Gasteiger partial charge in [0, 0.05) is 30.5 Å². The summed E-state index contributed by atoms with van der Waals surface area (Å²) in [6.07, 6.45) is 3.93. The smallest absolute Gasteiger partial charge is 0.434 e. The lowest BCUT2D eigenvalue weighted by atomic mass is 9.89. The van der Waals surface area contributed by atoms with Crippen LogP contribution in [0.2, 0.25) is 0 Å². The van der Waals surface area contributed by atoms with Crippen molar-refractivity contribution in [2.24, 2.45) is 5.92 Å². The molecule has 2 aliphatic rings. The van der Waals surface area contributed by atoms with E-state index in [2.05, 4.69) is 63.1 Å². The standard InChI is InChI=1S/C20H23N.C12H8F3N3O2/c1-2-7-15(8-3-1)14-21-20-12-6-11-18-17-10-5-4-9-16(17)13-19(18)20;13-12(14,15)9-8(10(19)20)6-16-11(18-9)17-7-4-2-1-3-5-7/h4-6,9-12,15,21H,1-3,7-8,13-14H2;1-6H,(H,19,20)(H,16,17,18). The number of carbonyl (C=O) groups is 1. The molecule has 3 N–H and O–H groups in total. The van der Waals surface area contributed by atoms with Crippen molar-refractivity contribution in [2.75, 3.05) is 17.2 Å². The fraction of sp³-hybridized carbons (Fsp3) is 0.281. The number of aromatic carboxylic acids is 1. The number of alkyl halides is 3. The van der Waals surface area contributed by atoms with Crippen LogP contribution in [0.4, 0.5) is 30.5 Å². The van der Waals surface area contributed by atoms with Crippen molar-refractivity contribution < 1.29 is 23.1 Å². The lowest BCUT2D eigenvalue weighted by Gasteiger charge is -2.23. The second kappa shape index (κ2) is 12.4. The van der Waals surface area contributed by atoms with Gasteiger partial charge >= 0.3 is 12.1 Å². The Morgan fingerprint density at radius 1 is 0.902 bits per heavy atom. The zero-order valence-electron chi connectivity index (χ0n) is 22.4. The number of hydrogen-bond donors (Lipinski definition) is 3. The van der Waals surface area contributed by atoms with Crippen LogP contribution in [0.5, 0.6) is 0 Å². The van der Waals surface area contributed by atoms with E-state index in [0.29, 0.717) is 11.9 Å². The molecule has 1 heterocycles. The fourth-order valence-electron chi connectivity index (χ4n) is 5.43. The number of nitrogens with one attached hydrogen (secondary N) is 2. The number of para-hydroxylation sites is 1. The molecule has 0 saturated heterocycles. The zero-order valence-corrected chi connectivity index (χ0v) is 22.4. The molecular formula is C32H31F3N4O2. The van der Waals surface area contributed by atoms with Gasteiger partial charge in [0.1, 0.15) is 5.56 Å². The lowest BCUT2D eigenvalue weighted by Crippen LogP contribution is -2.17. The van der Waals surface area contributed by atoms with Gasteiger partial charge in [0.2, 0.25) is 5.95 Å². The van der Waals surface area contributed by atoms with E-state index < -0.39 is 23.4 Å². The van der Waals surface area contributed by atoms with Crippen LogP contribution in [0.15, 0.2) is 79.0 Å². The highest BCUT2D eigenvalue weighted by molar-refractivity contribution is 5.89. The molecule has 0 aliphatic heterocycles. The van der Waals surface area contributed by atoms with Crippen LogP contribution in [-0.2, 0) is 12.6 Å². The predicted molar refractivity (Wildman–Crippen MR) is 153 cm³/mol. The number of carboxylic acids is 1. The number of aromatic nitrogens is 2. The Kier molecular flexibility index (Phi) is 8.52. The number of rotatable bonds is 6. The van der Waals surface area contributed by atoms with E-state index in [1.807, 2.05) is 0 Å². The summed E-state index contributed by atoms with van der Waals surface area (Å²) in [7, 11) is 0. The number of hydrogen-bond acceptors (Lipinski definition) is 5. The first kappa shape index (κ1) is 28.1. The molecule has 2 aliphatic carbocycles. The Morgan fingerprint density at radius 3 is 2.34 bits per heavy atom. The SMILES string of the molecule is O=C(O)c1cnc(Nc2ccccc2)nc1C(F)(F)F.c1ccc2c(c1)Cc1c(NCC3CCCCC3)cccc1-2. The molecule has 6 rings (SSSR count). The Hall–Kier alpha value is -4.40. The minimum absolute atomic E-state index is 0.325. The van der Waals surface area contributed by atoms with Gasteiger partial charge in [-0.25, -0.2) is 14.8 Å². The van der Waals surface area contributed by atoms with Gasteiger partial charge in [0.15, 0.2) is 5.69 Å². The summed E-state index contributed by atoms with van der Waals surface area (Å²) in [5, 5.41) is 15.0. The van der Waals surface area contributed by atoms with Gasteiger partial charge in [-0.3, -0.25) is 0 Å². The molecule has 212 valence electrons. The van der Waals surface area contributed by atoms with E-state index in [1.165, 1.54) is 60.0 Å². The van der Waals surface area contributed by atoms with Gasteiger partial charge in [-0.15, -0.1) is 0 Å². The van der Waals surface area contributed by atoms with Crippen molar-refractivity contribution >= 4 is 23.3 Å². The first-order valence-corrected chi connectivity index (χ1v) is 13.7. The molecule has 3 aromatic carbocycles. The van der Waals surface area contributed by atoms with E-state index in [1.54, 1.807) is 30.3 Å². The molecule has 0 unspecified atom stereocenters. The summed E-state index contributed by atoms with van der Waals surface area (Å²) < 4.78 is 38.2. The highest BCUT2D eigenvalue weighted by Gasteiger charge is 2.38. The normalized spacial score (nSPS) is 14.3. The third kappa shape index (κ3) is 6.85. The Labute approximate surface area is 236 Å². The van der Waals surface area contributed by atoms with Crippen LogP contribution in [-0.4, -0.2) is 27.6 Å². The maximum atomic E-state index is 12.7. The number of nitrogens with zero attached hydrogens (tertiary/aromatic N) is 2. The Balaban J connectivity index is 0.000000165. The molecule has 9 heteroatoms. The van der Waals surface area contributed by atoms with Crippen molar-refractivity contribution in [2.45, 2.75) is 44.7 Å². The molecule has 41 heavy (non-hydrogen) atoms. The Bertz CT molecular complexity index is 1500. The highest BCUT2D eigenvalue weighted by atomic mass is 19.4. The van der Waals surface area contributed by atoms with Crippen LogP contribution >= 0.6 is 0 Å². The number of benzene rings is 3. The van der Waals surface area contributed by atoms with Gasteiger partial charge in [-0.2, -0.15) is 13.2 Å². The highest BCUT2D eigenvalue weighted by Crippen LogP contribution is 2.40. The van der Waals surface area contributed by atoms with Crippen LogP contribution in [0.3, 0.4) is 0 Å². The summed E-state index contributed by atoms with van der Waals surface area (Å²) in [4.78, 5) is 17.5. The predicted octanol–water partition coefficient (Wildman–Crippen LogP) is 8.19. The van der Waals surface area contributed by atoms with E-state index in [9.17, 15) is 18.0 Å². The van der Waals surface area contributed by atoms with Crippen LogP contribution in [0.1, 0.15) is 59.3 Å². The molecule has 1 fully saturated rings. The number of carboxylic acid groups (broad SMARTS) is 1. The lowest BCUT2D eigenvalue weighted by molar-refractivity contribution is -0.141. The number of fused-ring (bicyclic) bond motifs is 3. The average molecular weight is 561 g/mol. The van der Waals surface area contributed by atoms with Gasteiger partial charge in [0.25, 0.3) is 0 Å². The minimum Gasteiger partial charge on any atom is -0.478 e. The van der Waals surface area contributed by atoms with Crippen molar-refractivity contribution in [3.63, 3.8) is 0 Å². The van der Waals surface area contributed by atoms with E-state index in [0.717, 1.165) is 18.9 Å². The van der Waals surface area contributed by atoms with E-state index in [4.69, 9.17) is 5.11 Å². The van der Waals surface area contributed by atoms with E-state index in [-0.39, 0.29) is 5.95 Å². The zero-order chi connectivity index (χ0) is 28.8. The van der Waals surface area contributed by atoms with Gasteiger partial charge in [-0.1, -0.05) is 73.9 Å². The largest absolute Gasteiger partial charge is 0.478 e. The maximum absolute atomic E-state index is 12.7. The molecule has 4 aromatic rings. The maximum Gasteiger partial charge on any atom is 0.434 e. The molecule has 0 atom stereocenters. The van der Waals surface area contributed by atoms with Crippen molar-refractivity contribution in [1.82, 2.24) is 9.97 Å². The summed E-state index contributed by atoms with van der Waals surface area (Å²) in [6.45, 7) is 1.15. The quantitative estimate of drug-likeness (QED) is 0.194. The molecule has 0 amide bonds. The topological polar surface area (TPSA) is 87.1 Å². The first-order valence-electron chi connectivity index (χ1n) is 13.7. The molecule has 0 spiro atoms. The van der Waals surface area contributed by atoms with Crippen LogP contribution in [0, 0.1) is 5.92 Å². The van der Waals surface area contributed by atoms with Crippen molar-refractivity contribution in [3.05, 3.63) is 101 Å². The molecule has 0 radical (unpaired) electrons. The van der Waals surface area contributed by atoms with E-state index >= 15 is 0 Å². The van der Waals surface area contributed by atoms with Crippen molar-refractivity contribution in [1.29, 1.82) is 0 Å². The molecule has 1 aromatic heterocycles. The molecular weight excluding hydrogens is 529 g/mol. The fourth-order valence-corrected chi connectivity index (χ4v) is 5.43. The summed E-state index contributed by atoms with van der Waals surface area (Å²) in [5.41, 5.74) is 5.19. The molecule has 1 saturated carbocycles. The average Bonchev–Trinajstić information content (AvgIpc) is 3.36. The summed E-state index contributed by atoms with van der Waals surface area (Å²) in [5.74, 6) is -1.18. The number of halogens is 3. The van der Waals surface area contributed by atoms with Crippen LogP contribution < -0.4 is 10.6 Å². The Morgan fingerprint density at radius 2 is 1.61 bits per heavy atom. The van der Waals surface area contributed by atoms with Gasteiger partial charge in [-0.05, 0) is 59.2 Å². The van der Waals surface area contributed by atoms with Gasteiger partial charge in [0.05, 0.1) is 0 Å². The summed E-state index contributed by atoms with van der Waals surface area (Å²) >= 11 is 0. The number of anilines is 3. The van der Waals surface area contributed by atoms with Crippen LogP contribution in [0.25, 0.3) is 11.1 Å². The minimum atomic E-state index is -4.87. The van der Waals surface area contributed by atoms with Gasteiger partial charge < -0.3 is 15.7 Å². The van der Waals surface area contributed by atoms with Crippen molar-refractivity contribution in [3.8, 4) is 11.1 Å². The summed E-state index contributed by atoms with van der Waals surface area (Å²) in [6, 6.07) is 23.9. The third-order valence-corrected chi connectivity index (χ3v) is 7.47. The second-order valence-electron chi connectivity index (χ2n) is 10.3. The monoisotopic (exact) mass is 560 g/mol. The third-order valence-electron chi connectivity index (χ3n) is 7.47. The second-order valence-corrected chi connectivity index (χ2v) is 10.3. The molecule has 6 nitrogen and oxygen atoms in total.